The largest absolute Gasteiger partial charge is 0.331 e. The first-order valence-electron chi connectivity index (χ1n) is 11.1. The molecule has 35 heavy (non-hydrogen) atoms. The molecule has 2 heterocycles. The average Bonchev–Trinajstić information content (AvgIpc) is 3.33. The number of carbonyl (C=O) groups excluding carboxylic acids is 3. The van der Waals surface area contributed by atoms with Crippen LogP contribution in [-0.2, 0) is 16.9 Å². The number of hydrogen-bond donors (Lipinski definition) is 2. The summed E-state index contributed by atoms with van der Waals surface area (Å²) in [5, 5.41) is 5.02. The minimum absolute atomic E-state index is 0.0943. The lowest BCUT2D eigenvalue weighted by atomic mass is 9.87. The molecule has 174 valence electrons. The van der Waals surface area contributed by atoms with Gasteiger partial charge in [0.2, 0.25) is 0 Å². The number of nitrogens with zero attached hydrogens (tertiary/aromatic N) is 1. The standard InChI is InChI=1S/C28H22FN3O3/c1-3-17-6-5-7-23(22(17)4-2)18-8-11-20(12-9-18)28(26(34)30-27(35)31-28)16-32-15-19-10-13-21(29)14-24(19)25(32)33/h3-14H,1-2,15-16H2,(H2,30,31,34,35). The van der Waals surface area contributed by atoms with E-state index in [0.717, 1.165) is 22.3 Å². The molecular formula is C28H22FN3O3. The maximum absolute atomic E-state index is 13.7. The zero-order valence-electron chi connectivity index (χ0n) is 18.8. The van der Waals surface area contributed by atoms with Crippen molar-refractivity contribution in [3.63, 3.8) is 0 Å². The molecule has 0 aromatic heterocycles. The van der Waals surface area contributed by atoms with Gasteiger partial charge in [-0.1, -0.05) is 73.8 Å². The molecule has 2 N–H and O–H groups in total. The van der Waals surface area contributed by atoms with Crippen molar-refractivity contribution in [3.8, 4) is 11.1 Å². The summed E-state index contributed by atoms with van der Waals surface area (Å²) in [6.45, 7) is 7.89. The first-order valence-corrected chi connectivity index (χ1v) is 11.1. The molecule has 2 aliphatic heterocycles. The SMILES string of the molecule is C=Cc1cccc(-c2ccc(C3(CN4Cc5ccc(F)cc5C4=O)NC(=O)NC3=O)cc2)c1C=C. The second-order valence-corrected chi connectivity index (χ2v) is 8.57. The smallest absolute Gasteiger partial charge is 0.322 e. The van der Waals surface area contributed by atoms with Crippen LogP contribution in [-0.4, -0.2) is 29.3 Å². The number of nitrogens with one attached hydrogen (secondary N) is 2. The first kappa shape index (κ1) is 22.3. The fourth-order valence-electron chi connectivity index (χ4n) is 4.82. The second-order valence-electron chi connectivity index (χ2n) is 8.57. The van der Waals surface area contributed by atoms with Crippen molar-refractivity contribution in [2.45, 2.75) is 12.1 Å². The van der Waals surface area contributed by atoms with Crippen molar-refractivity contribution in [2.24, 2.45) is 0 Å². The topological polar surface area (TPSA) is 78.5 Å². The Hall–Kier alpha value is -4.52. The van der Waals surface area contributed by atoms with E-state index in [4.69, 9.17) is 0 Å². The third-order valence-corrected chi connectivity index (χ3v) is 6.57. The normalized spacial score (nSPS) is 18.8. The quantitative estimate of drug-likeness (QED) is 0.525. The molecule has 1 fully saturated rings. The molecule has 0 bridgehead atoms. The van der Waals surface area contributed by atoms with E-state index in [-0.39, 0.29) is 24.6 Å². The van der Waals surface area contributed by atoms with Crippen molar-refractivity contribution in [3.05, 3.63) is 107 Å². The van der Waals surface area contributed by atoms with Crippen molar-refractivity contribution in [2.75, 3.05) is 6.54 Å². The van der Waals surface area contributed by atoms with E-state index in [1.807, 2.05) is 30.3 Å². The first-order chi connectivity index (χ1) is 16.9. The van der Waals surface area contributed by atoms with Crippen molar-refractivity contribution < 1.29 is 18.8 Å². The summed E-state index contributed by atoms with van der Waals surface area (Å²) >= 11 is 0. The van der Waals surface area contributed by atoms with Crippen molar-refractivity contribution in [1.82, 2.24) is 15.5 Å². The molecule has 5 rings (SSSR count). The molecule has 6 nitrogen and oxygen atoms in total. The van der Waals surface area contributed by atoms with Crippen LogP contribution in [0.3, 0.4) is 0 Å². The third-order valence-electron chi connectivity index (χ3n) is 6.57. The van der Waals surface area contributed by atoms with Crippen LogP contribution >= 0.6 is 0 Å². The van der Waals surface area contributed by atoms with Gasteiger partial charge >= 0.3 is 6.03 Å². The summed E-state index contributed by atoms with van der Waals surface area (Å²) in [5.41, 5.74) is 3.71. The summed E-state index contributed by atoms with van der Waals surface area (Å²) in [6, 6.07) is 16.5. The molecule has 1 unspecified atom stereocenters. The van der Waals surface area contributed by atoms with E-state index in [0.29, 0.717) is 11.1 Å². The van der Waals surface area contributed by atoms with Gasteiger partial charge in [0.25, 0.3) is 11.8 Å². The lowest BCUT2D eigenvalue weighted by molar-refractivity contribution is -0.124. The van der Waals surface area contributed by atoms with Gasteiger partial charge in [-0.25, -0.2) is 9.18 Å². The number of carbonyl (C=O) groups is 3. The van der Waals surface area contributed by atoms with Gasteiger partial charge in [0.15, 0.2) is 5.54 Å². The van der Waals surface area contributed by atoms with Gasteiger partial charge in [-0.15, -0.1) is 0 Å². The molecule has 4 amide bonds. The molecule has 0 saturated carbocycles. The Morgan fingerprint density at radius 3 is 2.40 bits per heavy atom. The summed E-state index contributed by atoms with van der Waals surface area (Å²) < 4.78 is 13.7. The Morgan fingerprint density at radius 1 is 0.971 bits per heavy atom. The zero-order valence-corrected chi connectivity index (χ0v) is 18.8. The maximum atomic E-state index is 13.7. The van der Waals surface area contributed by atoms with Crippen LogP contribution in [0.1, 0.15) is 32.6 Å². The maximum Gasteiger partial charge on any atom is 0.322 e. The van der Waals surface area contributed by atoms with Crippen LogP contribution < -0.4 is 10.6 Å². The molecule has 3 aromatic rings. The van der Waals surface area contributed by atoms with Gasteiger partial charge in [-0.05, 0) is 45.5 Å². The summed E-state index contributed by atoms with van der Waals surface area (Å²) in [7, 11) is 0. The van der Waals surface area contributed by atoms with Crippen molar-refractivity contribution in [1.29, 1.82) is 0 Å². The zero-order chi connectivity index (χ0) is 24.7. The van der Waals surface area contributed by atoms with Crippen molar-refractivity contribution >= 4 is 30.0 Å². The highest BCUT2D eigenvalue weighted by atomic mass is 19.1. The molecule has 1 atom stereocenters. The van der Waals surface area contributed by atoms with Gasteiger partial charge in [0.05, 0.1) is 6.54 Å². The van der Waals surface area contributed by atoms with E-state index in [2.05, 4.69) is 23.8 Å². The van der Waals surface area contributed by atoms with Gasteiger partial charge < -0.3 is 10.2 Å². The van der Waals surface area contributed by atoms with Crippen LogP contribution in [0.5, 0.6) is 0 Å². The van der Waals surface area contributed by atoms with E-state index >= 15 is 0 Å². The molecule has 0 radical (unpaired) electrons. The number of amides is 4. The lowest BCUT2D eigenvalue weighted by Gasteiger charge is -2.31. The number of hydrogen-bond acceptors (Lipinski definition) is 3. The average molecular weight is 468 g/mol. The lowest BCUT2D eigenvalue weighted by Crippen LogP contribution is -2.52. The van der Waals surface area contributed by atoms with Gasteiger partial charge in [-0.3, -0.25) is 14.9 Å². The number of rotatable bonds is 6. The van der Waals surface area contributed by atoms with Gasteiger partial charge in [-0.2, -0.15) is 0 Å². The Balaban J connectivity index is 1.51. The highest BCUT2D eigenvalue weighted by Gasteiger charge is 2.50. The summed E-state index contributed by atoms with van der Waals surface area (Å²) in [5.74, 6) is -1.44. The molecule has 0 spiro atoms. The predicted molar refractivity (Wildman–Crippen MR) is 132 cm³/mol. The monoisotopic (exact) mass is 467 g/mol. The Kier molecular flexibility index (Phi) is 5.32. The molecule has 2 aliphatic rings. The minimum atomic E-state index is -1.48. The minimum Gasteiger partial charge on any atom is -0.331 e. The fourth-order valence-corrected chi connectivity index (χ4v) is 4.82. The highest BCUT2D eigenvalue weighted by Crippen LogP contribution is 2.34. The van der Waals surface area contributed by atoms with E-state index in [1.165, 1.54) is 17.0 Å². The molecule has 7 heteroatoms. The Labute approximate surface area is 201 Å². The van der Waals surface area contributed by atoms with Crippen LogP contribution in [0.15, 0.2) is 73.8 Å². The molecule has 3 aromatic carbocycles. The molecular weight excluding hydrogens is 445 g/mol. The van der Waals surface area contributed by atoms with Crippen LogP contribution in [0.4, 0.5) is 9.18 Å². The molecule has 0 aliphatic carbocycles. The second kappa shape index (κ2) is 8.36. The van der Waals surface area contributed by atoms with Gasteiger partial charge in [0, 0.05) is 12.1 Å². The number of imide groups is 1. The summed E-state index contributed by atoms with van der Waals surface area (Å²) in [6.07, 6.45) is 3.53. The highest BCUT2D eigenvalue weighted by molar-refractivity contribution is 6.08. The third kappa shape index (κ3) is 3.61. The number of halogens is 1. The number of benzene rings is 3. The van der Waals surface area contributed by atoms with E-state index < -0.39 is 23.3 Å². The van der Waals surface area contributed by atoms with Crippen LogP contribution in [0, 0.1) is 5.82 Å². The van der Waals surface area contributed by atoms with E-state index in [9.17, 15) is 18.8 Å². The fraction of sp³-hybridized carbons (Fsp3) is 0.107. The summed E-state index contributed by atoms with van der Waals surface area (Å²) in [4.78, 5) is 39.7. The van der Waals surface area contributed by atoms with Crippen LogP contribution in [0.2, 0.25) is 0 Å². The number of fused-ring (bicyclic) bond motifs is 1. The van der Waals surface area contributed by atoms with E-state index in [1.54, 1.807) is 30.4 Å². The predicted octanol–water partition coefficient (Wildman–Crippen LogP) is 4.47. The number of urea groups is 1. The molecule has 1 saturated heterocycles. The Bertz CT molecular complexity index is 1410. The van der Waals surface area contributed by atoms with Gasteiger partial charge in [0.1, 0.15) is 5.82 Å². The van der Waals surface area contributed by atoms with Crippen LogP contribution in [0.25, 0.3) is 23.3 Å². The Morgan fingerprint density at radius 2 is 1.74 bits per heavy atom.